The quantitative estimate of drug-likeness (QED) is 0.146. The van der Waals surface area contributed by atoms with Gasteiger partial charge in [-0.1, -0.05) is 12.1 Å². The summed E-state index contributed by atoms with van der Waals surface area (Å²) in [5, 5.41) is 9.52. The number of fused-ring (bicyclic) bond motifs is 2. The molecule has 3 fully saturated rings. The monoisotopic (exact) mass is 808 g/mol. The van der Waals surface area contributed by atoms with Gasteiger partial charge in [0.15, 0.2) is 0 Å². The van der Waals surface area contributed by atoms with Crippen LogP contribution in [-0.2, 0) is 39.4 Å². The number of carbonyl (C=O) groups is 5. The van der Waals surface area contributed by atoms with Crippen LogP contribution in [0.15, 0.2) is 48.8 Å². The van der Waals surface area contributed by atoms with Crippen molar-refractivity contribution in [3.05, 3.63) is 64.8 Å². The number of pyridine rings is 1. The lowest BCUT2D eigenvalue weighted by Gasteiger charge is -2.42. The van der Waals surface area contributed by atoms with Gasteiger partial charge in [0, 0.05) is 42.1 Å². The number of esters is 2. The van der Waals surface area contributed by atoms with Crippen molar-refractivity contribution in [1.29, 1.82) is 0 Å². The molecule has 0 aliphatic carbocycles. The van der Waals surface area contributed by atoms with Crippen molar-refractivity contribution in [1.82, 2.24) is 30.3 Å². The van der Waals surface area contributed by atoms with Crippen LogP contribution in [-0.4, -0.2) is 100.0 Å². The van der Waals surface area contributed by atoms with Crippen molar-refractivity contribution in [2.45, 2.75) is 128 Å². The number of carbonyl (C=O) groups excluding carboxylic acids is 5. The minimum atomic E-state index is -3.67. The minimum absolute atomic E-state index is 0.0240. The lowest BCUT2D eigenvalue weighted by molar-refractivity contribution is -0.149. The van der Waals surface area contributed by atoms with Crippen molar-refractivity contribution in [3.8, 4) is 0 Å². The van der Waals surface area contributed by atoms with Crippen LogP contribution in [0.4, 0.5) is 0 Å². The molecule has 56 heavy (non-hydrogen) atoms. The van der Waals surface area contributed by atoms with Gasteiger partial charge in [-0.2, -0.15) is 0 Å². The highest BCUT2D eigenvalue weighted by atomic mass is 32.1. The molecule has 0 unspecified atom stereocenters. The topological polar surface area (TPSA) is 176 Å². The van der Waals surface area contributed by atoms with Crippen LogP contribution in [0.2, 0.25) is 0 Å². The summed E-state index contributed by atoms with van der Waals surface area (Å²) in [6, 6.07) is 7.91. The van der Waals surface area contributed by atoms with E-state index in [1.807, 2.05) is 35.4 Å². The predicted octanol–water partition coefficient (Wildman–Crippen LogP) is 5.12. The number of thiophene rings is 1. The standard InChI is InChI=1S/C40H53N6O8PS/c1-23(2)53-39(50)25(5)43-55(52,44-26(6)40(51)54-24(3)4)22-27-12-15-34-29(17-27)18-35(56-34)36(47)42-32-11-7-10-31-13-14-33(46(31)37(32)48)38(49)45-20-30(21-45)28-9-8-16-41-19-28/h8-9,12,15-19,23-26,30-33H,7,10-11,13-14,20-22H2,1-6H3,(H,42,47)(H2,43,44,52)/t25-,26-,31-,32-,33-/m0/s1. The highest BCUT2D eigenvalue weighted by Crippen LogP contribution is 2.43. The maximum Gasteiger partial charge on any atom is 0.323 e. The van der Waals surface area contributed by atoms with E-state index in [0.717, 1.165) is 34.9 Å². The van der Waals surface area contributed by atoms with E-state index in [2.05, 4.69) is 20.5 Å². The maximum atomic E-state index is 14.4. The number of aromatic nitrogens is 1. The van der Waals surface area contributed by atoms with Gasteiger partial charge in [0.1, 0.15) is 24.2 Å². The Morgan fingerprint density at radius 3 is 2.21 bits per heavy atom. The molecular formula is C40H53N6O8PS. The molecule has 3 aliphatic heterocycles. The Balaban J connectivity index is 1.13. The molecule has 3 N–H and O–H groups in total. The number of benzene rings is 1. The van der Waals surface area contributed by atoms with Gasteiger partial charge >= 0.3 is 11.9 Å². The molecule has 5 atom stereocenters. The van der Waals surface area contributed by atoms with Gasteiger partial charge in [-0.05, 0) is 114 Å². The second kappa shape index (κ2) is 17.5. The molecule has 1 aromatic carbocycles. The fourth-order valence-corrected chi connectivity index (χ4v) is 11.1. The van der Waals surface area contributed by atoms with Crippen LogP contribution < -0.4 is 15.5 Å². The molecule has 3 amide bonds. The number of rotatable bonds is 14. The summed E-state index contributed by atoms with van der Waals surface area (Å²) < 4.78 is 25.9. The summed E-state index contributed by atoms with van der Waals surface area (Å²) in [6.07, 6.45) is 6.18. The molecule has 0 bridgehead atoms. The number of nitrogens with one attached hydrogen (secondary N) is 3. The Kier molecular flexibility index (Phi) is 13.0. The molecule has 14 nitrogen and oxygen atoms in total. The van der Waals surface area contributed by atoms with E-state index >= 15 is 0 Å². The molecule has 6 rings (SSSR count). The first-order valence-corrected chi connectivity index (χ1v) is 22.2. The summed E-state index contributed by atoms with van der Waals surface area (Å²) in [7, 11) is -3.67. The van der Waals surface area contributed by atoms with Crippen molar-refractivity contribution < 1.29 is 38.0 Å². The zero-order chi connectivity index (χ0) is 40.3. The van der Waals surface area contributed by atoms with Crippen LogP contribution in [0, 0.1) is 0 Å². The molecule has 302 valence electrons. The normalized spacial score (nSPS) is 21.4. The average molecular weight is 809 g/mol. The first-order chi connectivity index (χ1) is 26.6. The van der Waals surface area contributed by atoms with E-state index in [0.29, 0.717) is 36.4 Å². The van der Waals surface area contributed by atoms with Crippen LogP contribution in [0.25, 0.3) is 10.1 Å². The zero-order valence-corrected chi connectivity index (χ0v) is 34.6. The van der Waals surface area contributed by atoms with Crippen LogP contribution in [0.3, 0.4) is 0 Å². The summed E-state index contributed by atoms with van der Waals surface area (Å²) in [6.45, 7) is 11.2. The molecule has 0 saturated carbocycles. The molecule has 5 heterocycles. The lowest BCUT2D eigenvalue weighted by Crippen LogP contribution is -2.58. The van der Waals surface area contributed by atoms with E-state index in [-0.39, 0.29) is 48.1 Å². The van der Waals surface area contributed by atoms with Gasteiger partial charge in [0.05, 0.1) is 23.2 Å². The maximum absolute atomic E-state index is 14.4. The molecular weight excluding hydrogens is 756 g/mol. The van der Waals surface area contributed by atoms with Gasteiger partial charge < -0.3 is 24.6 Å². The highest BCUT2D eigenvalue weighted by Gasteiger charge is 2.47. The van der Waals surface area contributed by atoms with Crippen LogP contribution in [0.5, 0.6) is 0 Å². The number of nitrogens with zero attached hydrogens (tertiary/aromatic N) is 3. The third-order valence-corrected chi connectivity index (χ3v) is 14.0. The Morgan fingerprint density at radius 1 is 0.911 bits per heavy atom. The van der Waals surface area contributed by atoms with Gasteiger partial charge in [0.25, 0.3) is 5.91 Å². The van der Waals surface area contributed by atoms with Gasteiger partial charge in [-0.15, -0.1) is 11.3 Å². The summed E-state index contributed by atoms with van der Waals surface area (Å²) in [5.74, 6) is -1.54. The van der Waals surface area contributed by atoms with Crippen LogP contribution in [0.1, 0.15) is 100 Å². The second-order valence-corrected chi connectivity index (χ2v) is 19.1. The van der Waals surface area contributed by atoms with E-state index in [9.17, 15) is 28.5 Å². The number of amides is 3. The largest absolute Gasteiger partial charge is 0.462 e. The highest BCUT2D eigenvalue weighted by molar-refractivity contribution is 7.59. The number of hydrogen-bond acceptors (Lipinski definition) is 10. The van der Waals surface area contributed by atoms with Gasteiger partial charge in [-0.3, -0.25) is 33.5 Å². The lowest BCUT2D eigenvalue weighted by atomic mass is 9.92. The average Bonchev–Trinajstić information content (AvgIpc) is 3.70. The van der Waals surface area contributed by atoms with Crippen molar-refractivity contribution in [2.24, 2.45) is 0 Å². The van der Waals surface area contributed by atoms with Gasteiger partial charge in [-0.25, -0.2) is 10.2 Å². The Labute approximate surface area is 331 Å². The first-order valence-electron chi connectivity index (χ1n) is 19.5. The number of likely N-dealkylation sites (tertiary alicyclic amines) is 1. The van der Waals surface area contributed by atoms with E-state index in [1.54, 1.807) is 64.8 Å². The molecule has 3 aromatic rings. The van der Waals surface area contributed by atoms with Crippen molar-refractivity contribution in [2.75, 3.05) is 13.1 Å². The minimum Gasteiger partial charge on any atom is -0.462 e. The van der Waals surface area contributed by atoms with Crippen molar-refractivity contribution in [3.63, 3.8) is 0 Å². The fraction of sp³-hybridized carbons (Fsp3) is 0.550. The molecule has 2 aromatic heterocycles. The summed E-state index contributed by atoms with van der Waals surface area (Å²) >= 11 is 1.28. The molecule has 3 saturated heterocycles. The fourth-order valence-electron chi connectivity index (χ4n) is 7.75. The van der Waals surface area contributed by atoms with Crippen LogP contribution >= 0.6 is 18.8 Å². The molecule has 0 spiro atoms. The smallest absolute Gasteiger partial charge is 0.323 e. The van der Waals surface area contributed by atoms with Crippen molar-refractivity contribution >= 4 is 58.5 Å². The second-order valence-electron chi connectivity index (χ2n) is 15.7. The first kappa shape index (κ1) is 41.5. The van der Waals surface area contributed by atoms with E-state index in [4.69, 9.17) is 9.47 Å². The van der Waals surface area contributed by atoms with E-state index in [1.165, 1.54) is 11.3 Å². The van der Waals surface area contributed by atoms with E-state index < -0.39 is 43.5 Å². The third-order valence-electron chi connectivity index (χ3n) is 10.4. The van der Waals surface area contributed by atoms with Gasteiger partial charge in [0.2, 0.25) is 19.3 Å². The number of hydrogen-bond donors (Lipinski definition) is 3. The summed E-state index contributed by atoms with van der Waals surface area (Å²) in [5.41, 5.74) is 1.75. The molecule has 0 radical (unpaired) electrons. The zero-order valence-electron chi connectivity index (χ0n) is 32.9. The summed E-state index contributed by atoms with van der Waals surface area (Å²) in [4.78, 5) is 75.0. The Hall–Kier alpha value is -4.17. The predicted molar refractivity (Wildman–Crippen MR) is 213 cm³/mol. The third kappa shape index (κ3) is 9.67. The Morgan fingerprint density at radius 2 is 1.59 bits per heavy atom. The SMILES string of the molecule is CC(C)OC(=O)[C@H](C)NP(=O)(Cc1ccc2sc(C(=O)N[C@H]3CCC[C@H]4CC[C@@H](C(=O)N5CC(c6cccnc6)C5)N4C3=O)cc2c1)N[C@@H](C)C(=O)OC(C)C. The molecule has 3 aliphatic rings. The Bertz CT molecular complexity index is 1950. The molecule has 16 heteroatoms. The number of ether oxygens (including phenoxy) is 2.